The van der Waals surface area contributed by atoms with Gasteiger partial charge in [0.1, 0.15) is 5.75 Å². The number of aliphatic carboxylic acids is 1. The first-order chi connectivity index (χ1) is 9.88. The molecule has 0 aromatic heterocycles. The van der Waals surface area contributed by atoms with Crippen molar-refractivity contribution < 1.29 is 33.3 Å². The van der Waals surface area contributed by atoms with Gasteiger partial charge in [-0.15, -0.1) is 0 Å². The van der Waals surface area contributed by atoms with Gasteiger partial charge in [-0.1, -0.05) is 12.1 Å². The Bertz CT molecular complexity index is 478. The lowest BCUT2D eigenvalue weighted by atomic mass is 10.1. The Kier molecular flexibility index (Phi) is 6.54. The SMILES string of the molecule is O=C(Cc1ccc(OC(F)F)cc1)NCC[C@H](O)C(=O)O. The molecule has 1 aromatic rings. The molecular weight excluding hydrogens is 288 g/mol. The zero-order chi connectivity index (χ0) is 15.8. The molecule has 3 N–H and O–H groups in total. The lowest BCUT2D eigenvalue weighted by molar-refractivity contribution is -0.147. The van der Waals surface area contributed by atoms with E-state index < -0.39 is 18.7 Å². The molecule has 0 bridgehead atoms. The number of hydrogen-bond donors (Lipinski definition) is 3. The van der Waals surface area contributed by atoms with Crippen LogP contribution < -0.4 is 10.1 Å². The Morgan fingerprint density at radius 2 is 1.86 bits per heavy atom. The molecular formula is C13H15F2NO5. The van der Waals surface area contributed by atoms with Crippen LogP contribution >= 0.6 is 0 Å². The lowest BCUT2D eigenvalue weighted by Crippen LogP contribution is -2.30. The smallest absolute Gasteiger partial charge is 0.387 e. The topological polar surface area (TPSA) is 95.9 Å². The van der Waals surface area contributed by atoms with Gasteiger partial charge in [-0.05, 0) is 17.7 Å². The van der Waals surface area contributed by atoms with E-state index >= 15 is 0 Å². The van der Waals surface area contributed by atoms with E-state index in [1.54, 1.807) is 0 Å². The number of carboxylic acid groups (broad SMARTS) is 1. The average Bonchev–Trinajstić information content (AvgIpc) is 2.40. The number of amides is 1. The molecule has 21 heavy (non-hydrogen) atoms. The number of hydrogen-bond acceptors (Lipinski definition) is 4. The van der Waals surface area contributed by atoms with Crippen molar-refractivity contribution in [1.29, 1.82) is 0 Å². The van der Waals surface area contributed by atoms with Crippen LogP contribution in [0.2, 0.25) is 0 Å². The number of nitrogens with one attached hydrogen (secondary N) is 1. The second kappa shape index (κ2) is 8.15. The van der Waals surface area contributed by atoms with Crippen molar-refractivity contribution in [3.8, 4) is 5.75 Å². The number of rotatable bonds is 8. The summed E-state index contributed by atoms with van der Waals surface area (Å²) in [5, 5.41) is 19.9. The Morgan fingerprint density at radius 3 is 2.38 bits per heavy atom. The summed E-state index contributed by atoms with van der Waals surface area (Å²) < 4.78 is 28.1. The van der Waals surface area contributed by atoms with Crippen LogP contribution in [0.1, 0.15) is 12.0 Å². The number of carbonyl (C=O) groups excluding carboxylic acids is 1. The van der Waals surface area contributed by atoms with Gasteiger partial charge in [0.2, 0.25) is 5.91 Å². The molecule has 0 saturated heterocycles. The summed E-state index contributed by atoms with van der Waals surface area (Å²) in [7, 11) is 0. The summed E-state index contributed by atoms with van der Waals surface area (Å²) in [6.07, 6.45) is -1.60. The summed E-state index contributed by atoms with van der Waals surface area (Å²) in [6.45, 7) is -2.88. The van der Waals surface area contributed by atoms with Crippen molar-refractivity contribution in [3.63, 3.8) is 0 Å². The van der Waals surface area contributed by atoms with E-state index in [1.807, 2.05) is 0 Å². The number of halogens is 2. The zero-order valence-corrected chi connectivity index (χ0v) is 11.0. The van der Waals surface area contributed by atoms with Crippen molar-refractivity contribution >= 4 is 11.9 Å². The van der Waals surface area contributed by atoms with E-state index in [-0.39, 0.29) is 31.0 Å². The van der Waals surface area contributed by atoms with Crippen LogP contribution in [0.5, 0.6) is 5.75 Å². The first kappa shape index (κ1) is 16.8. The largest absolute Gasteiger partial charge is 0.479 e. The number of aliphatic hydroxyl groups excluding tert-OH is 1. The Labute approximate surface area is 119 Å². The van der Waals surface area contributed by atoms with Gasteiger partial charge in [0.05, 0.1) is 6.42 Å². The molecule has 1 amide bonds. The standard InChI is InChI=1S/C13H15F2NO5/c14-13(15)21-9-3-1-8(2-4-9)7-11(18)16-6-5-10(17)12(19)20/h1-4,10,13,17H,5-7H2,(H,16,18)(H,19,20)/t10-/m0/s1. The normalized spacial score (nSPS) is 12.0. The molecule has 1 aromatic carbocycles. The molecule has 0 radical (unpaired) electrons. The molecule has 0 aliphatic heterocycles. The number of carboxylic acids is 1. The van der Waals surface area contributed by atoms with E-state index in [4.69, 9.17) is 10.2 Å². The van der Waals surface area contributed by atoms with Crippen molar-refractivity contribution in [3.05, 3.63) is 29.8 Å². The molecule has 0 spiro atoms. The van der Waals surface area contributed by atoms with Gasteiger partial charge < -0.3 is 20.3 Å². The predicted octanol–water partition coefficient (Wildman–Crippen LogP) is 0.782. The monoisotopic (exact) mass is 303 g/mol. The second-order valence-electron chi connectivity index (χ2n) is 4.19. The van der Waals surface area contributed by atoms with Crippen LogP contribution in [0.15, 0.2) is 24.3 Å². The third kappa shape index (κ3) is 6.66. The van der Waals surface area contributed by atoms with Crippen LogP contribution in [0.3, 0.4) is 0 Å². The van der Waals surface area contributed by atoms with E-state index in [0.717, 1.165) is 0 Å². The molecule has 0 aliphatic rings. The molecule has 116 valence electrons. The van der Waals surface area contributed by atoms with Crippen molar-refractivity contribution in [1.82, 2.24) is 5.32 Å². The van der Waals surface area contributed by atoms with Crippen LogP contribution in [0, 0.1) is 0 Å². The second-order valence-corrected chi connectivity index (χ2v) is 4.19. The van der Waals surface area contributed by atoms with E-state index in [9.17, 15) is 18.4 Å². The molecule has 6 nitrogen and oxygen atoms in total. The Morgan fingerprint density at radius 1 is 1.24 bits per heavy atom. The fraction of sp³-hybridized carbons (Fsp3) is 0.385. The first-order valence-corrected chi connectivity index (χ1v) is 6.10. The molecule has 0 unspecified atom stereocenters. The summed E-state index contributed by atoms with van der Waals surface area (Å²) >= 11 is 0. The lowest BCUT2D eigenvalue weighted by Gasteiger charge is -2.08. The number of carbonyl (C=O) groups is 2. The molecule has 1 atom stereocenters. The van der Waals surface area contributed by atoms with E-state index in [2.05, 4.69) is 10.1 Å². The number of ether oxygens (including phenoxy) is 1. The molecule has 1 rings (SSSR count). The predicted molar refractivity (Wildman–Crippen MR) is 68.0 cm³/mol. The zero-order valence-electron chi connectivity index (χ0n) is 11.0. The van der Waals surface area contributed by atoms with Crippen LogP contribution in [-0.4, -0.2) is 41.3 Å². The molecule has 0 saturated carbocycles. The summed E-state index contributed by atoms with van der Waals surface area (Å²) in [5.74, 6) is -1.72. The highest BCUT2D eigenvalue weighted by Crippen LogP contribution is 2.15. The van der Waals surface area contributed by atoms with E-state index in [1.165, 1.54) is 24.3 Å². The first-order valence-electron chi connectivity index (χ1n) is 6.10. The third-order valence-corrected chi connectivity index (χ3v) is 2.54. The van der Waals surface area contributed by atoms with Gasteiger partial charge >= 0.3 is 12.6 Å². The highest BCUT2D eigenvalue weighted by atomic mass is 19.3. The maximum Gasteiger partial charge on any atom is 0.387 e. The average molecular weight is 303 g/mol. The summed E-state index contributed by atoms with van der Waals surface area (Å²) in [6, 6.07) is 5.60. The van der Waals surface area contributed by atoms with Gasteiger partial charge in [0.25, 0.3) is 0 Å². The highest BCUT2D eigenvalue weighted by molar-refractivity contribution is 5.78. The van der Waals surface area contributed by atoms with Gasteiger partial charge in [0.15, 0.2) is 6.10 Å². The number of aliphatic hydroxyl groups is 1. The fourth-order valence-electron chi connectivity index (χ4n) is 1.51. The Hall–Kier alpha value is -2.22. The van der Waals surface area contributed by atoms with Gasteiger partial charge in [-0.2, -0.15) is 8.78 Å². The molecule has 8 heteroatoms. The van der Waals surface area contributed by atoms with Gasteiger partial charge in [-0.25, -0.2) is 4.79 Å². The van der Waals surface area contributed by atoms with Crippen LogP contribution in [-0.2, 0) is 16.0 Å². The molecule has 0 fully saturated rings. The molecule has 0 aliphatic carbocycles. The highest BCUT2D eigenvalue weighted by Gasteiger charge is 2.13. The van der Waals surface area contributed by atoms with Crippen molar-refractivity contribution in [2.75, 3.05) is 6.54 Å². The number of alkyl halides is 2. The number of benzene rings is 1. The minimum atomic E-state index is -2.90. The minimum absolute atomic E-state index is 0.00117. The maximum absolute atomic E-state index is 11.9. The van der Waals surface area contributed by atoms with E-state index in [0.29, 0.717) is 5.56 Å². The third-order valence-electron chi connectivity index (χ3n) is 2.54. The fourth-order valence-corrected chi connectivity index (χ4v) is 1.51. The summed E-state index contributed by atoms with van der Waals surface area (Å²) in [5.41, 5.74) is 0.591. The minimum Gasteiger partial charge on any atom is -0.479 e. The van der Waals surface area contributed by atoms with Crippen molar-refractivity contribution in [2.45, 2.75) is 25.6 Å². The van der Waals surface area contributed by atoms with Crippen LogP contribution in [0.4, 0.5) is 8.78 Å². The van der Waals surface area contributed by atoms with Crippen LogP contribution in [0.25, 0.3) is 0 Å². The van der Waals surface area contributed by atoms with Crippen molar-refractivity contribution in [2.24, 2.45) is 0 Å². The maximum atomic E-state index is 11.9. The molecule has 0 heterocycles. The summed E-state index contributed by atoms with van der Waals surface area (Å²) in [4.78, 5) is 21.9. The van der Waals surface area contributed by atoms with Gasteiger partial charge in [-0.3, -0.25) is 4.79 Å². The Balaban J connectivity index is 2.36. The van der Waals surface area contributed by atoms with Gasteiger partial charge in [0, 0.05) is 13.0 Å². The quantitative estimate of drug-likeness (QED) is 0.659.